The zero-order valence-corrected chi connectivity index (χ0v) is 15.0. The normalized spacial score (nSPS) is 12.3. The maximum Gasteiger partial charge on any atom is 0.423 e. The Morgan fingerprint density at radius 1 is 1.26 bits per heavy atom. The van der Waals surface area contributed by atoms with Crippen molar-refractivity contribution in [3.63, 3.8) is 0 Å². The summed E-state index contributed by atoms with van der Waals surface area (Å²) < 4.78 is 44.8. The van der Waals surface area contributed by atoms with Gasteiger partial charge in [-0.3, -0.25) is 14.9 Å². The highest BCUT2D eigenvalue weighted by molar-refractivity contribution is 9.10. The van der Waals surface area contributed by atoms with Crippen molar-refractivity contribution in [2.75, 3.05) is 11.9 Å². The molecule has 0 aliphatic heterocycles. The minimum Gasteiger partial charge on any atom is -0.490 e. The zero-order chi connectivity index (χ0) is 20.2. The third-order valence-corrected chi connectivity index (χ3v) is 3.82. The maximum atomic E-state index is 12.9. The van der Waals surface area contributed by atoms with E-state index in [9.17, 15) is 33.2 Å². The van der Waals surface area contributed by atoms with Crippen LogP contribution < -0.4 is 10.1 Å². The molecule has 2 rings (SSSR count). The molecule has 27 heavy (non-hydrogen) atoms. The van der Waals surface area contributed by atoms with E-state index >= 15 is 0 Å². The summed E-state index contributed by atoms with van der Waals surface area (Å²) in [5, 5.41) is 22.6. The molecule has 1 amide bonds. The Balaban J connectivity index is 2.05. The zero-order valence-electron chi connectivity index (χ0n) is 13.4. The summed E-state index contributed by atoms with van der Waals surface area (Å²) in [6.07, 6.45) is -6.65. The summed E-state index contributed by atoms with van der Waals surface area (Å²) in [6, 6.07) is 8.52. The number of nitro benzene ring substituents is 1. The van der Waals surface area contributed by atoms with Gasteiger partial charge in [0.2, 0.25) is 0 Å². The Morgan fingerprint density at radius 2 is 1.89 bits per heavy atom. The van der Waals surface area contributed by atoms with Gasteiger partial charge in [0.15, 0.2) is 6.10 Å². The minimum absolute atomic E-state index is 0.347. The molecule has 0 bridgehead atoms. The van der Waals surface area contributed by atoms with Crippen molar-refractivity contribution in [3.05, 3.63) is 62.6 Å². The predicted molar refractivity (Wildman–Crippen MR) is 92.4 cm³/mol. The molecular weight excluding hydrogens is 437 g/mol. The number of ether oxygens (including phenoxy) is 1. The van der Waals surface area contributed by atoms with E-state index in [4.69, 9.17) is 4.74 Å². The van der Waals surface area contributed by atoms with E-state index in [1.165, 1.54) is 0 Å². The largest absolute Gasteiger partial charge is 0.490 e. The molecule has 11 heteroatoms. The van der Waals surface area contributed by atoms with E-state index < -0.39 is 41.0 Å². The third kappa shape index (κ3) is 5.66. The Bertz CT molecular complexity index is 843. The number of hydrogen-bond acceptors (Lipinski definition) is 5. The number of rotatable bonds is 6. The number of halogens is 4. The van der Waals surface area contributed by atoms with Crippen LogP contribution in [0, 0.1) is 10.1 Å². The van der Waals surface area contributed by atoms with Crippen molar-refractivity contribution in [1.29, 1.82) is 0 Å². The first-order valence-corrected chi connectivity index (χ1v) is 8.10. The fourth-order valence-corrected chi connectivity index (χ4v) is 2.27. The van der Waals surface area contributed by atoms with Crippen LogP contribution >= 0.6 is 15.9 Å². The van der Waals surface area contributed by atoms with E-state index in [0.29, 0.717) is 17.9 Å². The summed E-state index contributed by atoms with van der Waals surface area (Å²) in [7, 11) is 0. The smallest absolute Gasteiger partial charge is 0.423 e. The quantitative estimate of drug-likeness (QED) is 0.517. The Labute approximate surface area is 159 Å². The van der Waals surface area contributed by atoms with Gasteiger partial charge in [-0.2, -0.15) is 13.2 Å². The summed E-state index contributed by atoms with van der Waals surface area (Å²) in [4.78, 5) is 21.4. The van der Waals surface area contributed by atoms with E-state index in [0.717, 1.165) is 10.5 Å². The van der Waals surface area contributed by atoms with Crippen molar-refractivity contribution in [3.8, 4) is 5.75 Å². The van der Waals surface area contributed by atoms with Crippen LogP contribution in [0.3, 0.4) is 0 Å². The lowest BCUT2D eigenvalue weighted by Crippen LogP contribution is -2.33. The van der Waals surface area contributed by atoms with Crippen LogP contribution in [0.25, 0.3) is 0 Å². The van der Waals surface area contributed by atoms with Crippen LogP contribution in [0.15, 0.2) is 46.9 Å². The number of nitrogens with one attached hydrogen (secondary N) is 1. The molecule has 0 aliphatic rings. The number of aliphatic hydroxyl groups is 1. The number of nitro groups is 1. The third-order valence-electron chi connectivity index (χ3n) is 3.29. The van der Waals surface area contributed by atoms with Gasteiger partial charge in [-0.05, 0) is 36.4 Å². The van der Waals surface area contributed by atoms with Gasteiger partial charge >= 0.3 is 6.18 Å². The predicted octanol–water partition coefficient (Wildman–Crippen LogP) is 3.75. The van der Waals surface area contributed by atoms with E-state index in [1.807, 2.05) is 0 Å². The number of nitrogens with zero attached hydrogens (tertiary/aromatic N) is 1. The monoisotopic (exact) mass is 448 g/mol. The molecule has 2 N–H and O–H groups in total. The minimum atomic E-state index is -4.98. The number of carbonyl (C=O) groups is 1. The van der Waals surface area contributed by atoms with Gasteiger partial charge in [0.1, 0.15) is 17.9 Å². The molecule has 0 unspecified atom stereocenters. The highest BCUT2D eigenvalue weighted by Crippen LogP contribution is 2.37. The number of anilines is 1. The molecule has 7 nitrogen and oxygen atoms in total. The van der Waals surface area contributed by atoms with Crippen LogP contribution in [0.2, 0.25) is 0 Å². The van der Waals surface area contributed by atoms with Gasteiger partial charge in [-0.15, -0.1) is 0 Å². The molecule has 1 atom stereocenters. The van der Waals surface area contributed by atoms with Gasteiger partial charge in [-0.1, -0.05) is 15.9 Å². The molecule has 0 fully saturated rings. The topological polar surface area (TPSA) is 102 Å². The van der Waals surface area contributed by atoms with Crippen LogP contribution in [0.4, 0.5) is 24.5 Å². The van der Waals surface area contributed by atoms with Crippen molar-refractivity contribution in [1.82, 2.24) is 0 Å². The van der Waals surface area contributed by atoms with Gasteiger partial charge in [0.05, 0.1) is 4.92 Å². The molecule has 0 saturated carbocycles. The first-order chi connectivity index (χ1) is 12.6. The highest BCUT2D eigenvalue weighted by atomic mass is 79.9. The summed E-state index contributed by atoms with van der Waals surface area (Å²) in [5.41, 5.74) is -2.99. The molecule has 2 aromatic carbocycles. The molecule has 0 heterocycles. The SMILES string of the molecule is O=C(Nc1ccc([N+](=O)[O-])c(C(F)(F)F)c1)[C@@H](O)COc1ccc(Br)cc1. The fraction of sp³-hybridized carbons (Fsp3) is 0.188. The van der Waals surface area contributed by atoms with E-state index in [1.54, 1.807) is 24.3 Å². The number of carbonyl (C=O) groups excluding carboxylic acids is 1. The van der Waals surface area contributed by atoms with Gasteiger partial charge in [0.25, 0.3) is 11.6 Å². The average Bonchev–Trinajstić information content (AvgIpc) is 2.60. The molecule has 144 valence electrons. The lowest BCUT2D eigenvalue weighted by atomic mass is 10.1. The first-order valence-electron chi connectivity index (χ1n) is 7.31. The maximum absolute atomic E-state index is 12.9. The lowest BCUT2D eigenvalue weighted by Gasteiger charge is -2.14. The molecule has 2 aromatic rings. The second kappa shape index (κ2) is 8.35. The Morgan fingerprint density at radius 3 is 2.44 bits per heavy atom. The van der Waals surface area contributed by atoms with Crippen molar-refractivity contribution in [2.24, 2.45) is 0 Å². The molecule has 0 spiro atoms. The first kappa shape index (κ1) is 20.6. The van der Waals surface area contributed by atoms with Crippen LogP contribution in [-0.2, 0) is 11.0 Å². The number of hydrogen-bond donors (Lipinski definition) is 2. The molecule has 0 radical (unpaired) electrons. The van der Waals surface area contributed by atoms with Gasteiger partial charge in [0, 0.05) is 16.2 Å². The molecule has 0 saturated heterocycles. The van der Waals surface area contributed by atoms with Gasteiger partial charge in [-0.25, -0.2) is 0 Å². The number of aliphatic hydroxyl groups excluding tert-OH is 1. The number of amides is 1. The second-order valence-corrected chi connectivity index (χ2v) is 6.17. The van der Waals surface area contributed by atoms with Crippen molar-refractivity contribution in [2.45, 2.75) is 12.3 Å². The molecule has 0 aliphatic carbocycles. The Kier molecular flexibility index (Phi) is 6.39. The van der Waals surface area contributed by atoms with E-state index in [2.05, 4.69) is 21.2 Å². The average molecular weight is 449 g/mol. The standard InChI is InChI=1S/C16H12BrF3N2O5/c17-9-1-4-11(5-2-9)27-8-14(23)15(24)21-10-3-6-13(22(25)26)12(7-10)16(18,19)20/h1-7,14,23H,8H2,(H,21,24)/t14-/m0/s1. The van der Waals surface area contributed by atoms with Gasteiger partial charge < -0.3 is 15.2 Å². The molecule has 0 aromatic heterocycles. The van der Waals surface area contributed by atoms with Crippen molar-refractivity contribution >= 4 is 33.2 Å². The van der Waals surface area contributed by atoms with Crippen LogP contribution in [0.5, 0.6) is 5.75 Å². The Hall–Kier alpha value is -2.66. The fourth-order valence-electron chi connectivity index (χ4n) is 2.01. The highest BCUT2D eigenvalue weighted by Gasteiger charge is 2.38. The number of alkyl halides is 3. The van der Waals surface area contributed by atoms with Crippen molar-refractivity contribution < 1.29 is 32.7 Å². The summed E-state index contributed by atoms with van der Waals surface area (Å²) >= 11 is 3.23. The summed E-state index contributed by atoms with van der Waals surface area (Å²) in [6.45, 7) is -0.438. The summed E-state index contributed by atoms with van der Waals surface area (Å²) in [5.74, 6) is -0.645. The van der Waals surface area contributed by atoms with Crippen LogP contribution in [-0.4, -0.2) is 28.6 Å². The second-order valence-electron chi connectivity index (χ2n) is 5.26. The molecular formula is C16H12BrF3N2O5. The lowest BCUT2D eigenvalue weighted by molar-refractivity contribution is -0.388. The van der Waals surface area contributed by atoms with E-state index in [-0.39, 0.29) is 5.69 Å². The van der Waals surface area contributed by atoms with Crippen LogP contribution in [0.1, 0.15) is 5.56 Å². The number of benzene rings is 2.